The molecule has 0 aliphatic heterocycles. The Morgan fingerprint density at radius 2 is 2.00 bits per heavy atom. The van der Waals surface area contributed by atoms with Crippen molar-refractivity contribution in [1.82, 2.24) is 0 Å². The summed E-state index contributed by atoms with van der Waals surface area (Å²) in [6.45, 7) is 0. The van der Waals surface area contributed by atoms with E-state index in [1.807, 2.05) is 30.4 Å². The molecule has 1 aliphatic carbocycles. The Hall–Kier alpha value is -1.37. The lowest BCUT2D eigenvalue weighted by atomic mass is 10.1. The van der Waals surface area contributed by atoms with Crippen molar-refractivity contribution < 1.29 is 4.79 Å². The highest BCUT2D eigenvalue weighted by Crippen LogP contribution is 2.23. The number of hydrogen-bond acceptors (Lipinski definition) is 1. The van der Waals surface area contributed by atoms with Crippen LogP contribution in [-0.4, -0.2) is 5.78 Å². The van der Waals surface area contributed by atoms with Gasteiger partial charge in [-0.1, -0.05) is 42.5 Å². The molecule has 0 heterocycles. The van der Waals surface area contributed by atoms with Crippen LogP contribution in [0.4, 0.5) is 0 Å². The molecule has 1 fully saturated rings. The fourth-order valence-corrected chi connectivity index (χ4v) is 1.84. The molecule has 1 unspecified atom stereocenters. The Labute approximate surface area is 84.5 Å². The Bertz CT molecular complexity index is 338. The molecule has 1 atom stereocenters. The molecule has 0 aromatic heterocycles. The van der Waals surface area contributed by atoms with Crippen LogP contribution in [0.2, 0.25) is 0 Å². The van der Waals surface area contributed by atoms with Crippen LogP contribution < -0.4 is 0 Å². The monoisotopic (exact) mass is 186 g/mol. The van der Waals surface area contributed by atoms with Crippen molar-refractivity contribution in [3.63, 3.8) is 0 Å². The summed E-state index contributed by atoms with van der Waals surface area (Å²) < 4.78 is 0. The molecule has 0 N–H and O–H groups in total. The Kier molecular flexibility index (Phi) is 2.78. The predicted molar refractivity (Wildman–Crippen MR) is 57.8 cm³/mol. The fourth-order valence-electron chi connectivity index (χ4n) is 1.84. The lowest BCUT2D eigenvalue weighted by Crippen LogP contribution is -2.01. The average molecular weight is 186 g/mol. The normalized spacial score (nSPS) is 22.0. The lowest BCUT2D eigenvalue weighted by Gasteiger charge is -1.98. The van der Waals surface area contributed by atoms with Gasteiger partial charge >= 0.3 is 0 Å². The van der Waals surface area contributed by atoms with E-state index >= 15 is 0 Å². The second kappa shape index (κ2) is 4.23. The first-order valence-electron chi connectivity index (χ1n) is 5.12. The predicted octanol–water partition coefficient (Wildman–Crippen LogP) is 3.07. The number of allylic oxidation sites excluding steroid dienone is 1. The molecule has 72 valence electrons. The molecule has 0 saturated heterocycles. The number of ketones is 1. The smallest absolute Gasteiger partial charge is 0.139 e. The molecular weight excluding hydrogens is 172 g/mol. The fraction of sp³-hybridized carbons (Fsp3) is 0.308. The van der Waals surface area contributed by atoms with Crippen molar-refractivity contribution in [2.45, 2.75) is 19.3 Å². The Morgan fingerprint density at radius 1 is 1.21 bits per heavy atom. The van der Waals surface area contributed by atoms with E-state index in [1.54, 1.807) is 0 Å². The highest BCUT2D eigenvalue weighted by molar-refractivity contribution is 5.85. The van der Waals surface area contributed by atoms with Gasteiger partial charge in [0.2, 0.25) is 0 Å². The van der Waals surface area contributed by atoms with Crippen LogP contribution in [0.25, 0.3) is 6.08 Å². The average Bonchev–Trinajstić information content (AvgIpc) is 2.63. The van der Waals surface area contributed by atoms with Crippen molar-refractivity contribution >= 4 is 11.9 Å². The highest BCUT2D eigenvalue weighted by atomic mass is 16.1. The van der Waals surface area contributed by atoms with E-state index in [0.717, 1.165) is 19.3 Å². The third-order valence-electron chi connectivity index (χ3n) is 2.67. The molecule has 1 aromatic carbocycles. The zero-order valence-electron chi connectivity index (χ0n) is 8.15. The molecule has 2 rings (SSSR count). The third kappa shape index (κ3) is 2.11. The molecule has 1 aliphatic rings. The number of Topliss-reactive ketones (excluding diaryl/α,β-unsaturated/α-hetero) is 1. The maximum Gasteiger partial charge on any atom is 0.139 e. The first-order chi connectivity index (χ1) is 6.86. The van der Waals surface area contributed by atoms with Crippen molar-refractivity contribution in [1.29, 1.82) is 0 Å². The zero-order valence-corrected chi connectivity index (χ0v) is 8.15. The van der Waals surface area contributed by atoms with Gasteiger partial charge in [0, 0.05) is 12.3 Å². The quantitative estimate of drug-likeness (QED) is 0.693. The van der Waals surface area contributed by atoms with Gasteiger partial charge in [0.1, 0.15) is 5.78 Å². The van der Waals surface area contributed by atoms with Crippen molar-refractivity contribution in [2.75, 3.05) is 0 Å². The van der Waals surface area contributed by atoms with E-state index in [9.17, 15) is 4.79 Å². The lowest BCUT2D eigenvalue weighted by molar-refractivity contribution is -0.119. The van der Waals surface area contributed by atoms with E-state index in [1.165, 1.54) is 5.56 Å². The summed E-state index contributed by atoms with van der Waals surface area (Å²) in [5, 5.41) is 0. The molecule has 14 heavy (non-hydrogen) atoms. The molecule has 1 aromatic rings. The molecule has 1 saturated carbocycles. The SMILES string of the molecule is O=C1CCCC1/C=C/c1ccccc1. The first-order valence-corrected chi connectivity index (χ1v) is 5.12. The molecular formula is C13H14O. The minimum absolute atomic E-state index is 0.176. The van der Waals surface area contributed by atoms with Gasteiger partial charge in [-0.25, -0.2) is 0 Å². The van der Waals surface area contributed by atoms with Gasteiger partial charge in [-0.3, -0.25) is 4.79 Å². The van der Waals surface area contributed by atoms with Crippen LogP contribution in [0, 0.1) is 5.92 Å². The summed E-state index contributed by atoms with van der Waals surface area (Å²) in [6, 6.07) is 10.1. The van der Waals surface area contributed by atoms with Crippen LogP contribution in [-0.2, 0) is 4.79 Å². The van der Waals surface area contributed by atoms with Gasteiger partial charge in [-0.05, 0) is 18.4 Å². The van der Waals surface area contributed by atoms with E-state index in [-0.39, 0.29) is 5.92 Å². The van der Waals surface area contributed by atoms with Crippen molar-refractivity contribution in [2.24, 2.45) is 5.92 Å². The summed E-state index contributed by atoms with van der Waals surface area (Å²) in [7, 11) is 0. The largest absolute Gasteiger partial charge is 0.299 e. The van der Waals surface area contributed by atoms with Crippen LogP contribution >= 0.6 is 0 Å². The number of rotatable bonds is 2. The highest BCUT2D eigenvalue weighted by Gasteiger charge is 2.21. The van der Waals surface area contributed by atoms with E-state index < -0.39 is 0 Å². The van der Waals surface area contributed by atoms with Gasteiger partial charge in [0.15, 0.2) is 0 Å². The van der Waals surface area contributed by atoms with Crippen molar-refractivity contribution in [3.05, 3.63) is 42.0 Å². The Balaban J connectivity index is 2.03. The molecule has 0 bridgehead atoms. The van der Waals surface area contributed by atoms with Gasteiger partial charge in [0.25, 0.3) is 0 Å². The number of carbonyl (C=O) groups is 1. The maximum atomic E-state index is 11.3. The van der Waals surface area contributed by atoms with E-state index in [4.69, 9.17) is 0 Å². The van der Waals surface area contributed by atoms with E-state index in [2.05, 4.69) is 12.1 Å². The first kappa shape index (κ1) is 9.20. The molecule has 0 spiro atoms. The topological polar surface area (TPSA) is 17.1 Å². The summed E-state index contributed by atoms with van der Waals surface area (Å²) in [4.78, 5) is 11.3. The third-order valence-corrected chi connectivity index (χ3v) is 2.67. The molecule has 0 radical (unpaired) electrons. The second-order valence-electron chi connectivity index (χ2n) is 3.73. The zero-order chi connectivity index (χ0) is 9.80. The minimum atomic E-state index is 0.176. The van der Waals surface area contributed by atoms with Crippen LogP contribution in [0.5, 0.6) is 0 Å². The van der Waals surface area contributed by atoms with Gasteiger partial charge in [-0.15, -0.1) is 0 Å². The maximum absolute atomic E-state index is 11.3. The summed E-state index contributed by atoms with van der Waals surface area (Å²) in [5.74, 6) is 0.576. The summed E-state index contributed by atoms with van der Waals surface area (Å²) in [5.41, 5.74) is 1.17. The number of carbonyl (C=O) groups excluding carboxylic acids is 1. The molecule has 1 heteroatoms. The summed E-state index contributed by atoms with van der Waals surface area (Å²) in [6.07, 6.45) is 6.95. The molecule has 1 nitrogen and oxygen atoms in total. The van der Waals surface area contributed by atoms with E-state index in [0.29, 0.717) is 5.78 Å². The minimum Gasteiger partial charge on any atom is -0.299 e. The van der Waals surface area contributed by atoms with Gasteiger partial charge < -0.3 is 0 Å². The number of benzene rings is 1. The van der Waals surface area contributed by atoms with Crippen LogP contribution in [0.3, 0.4) is 0 Å². The molecule has 0 amide bonds. The van der Waals surface area contributed by atoms with Crippen LogP contribution in [0.1, 0.15) is 24.8 Å². The standard InChI is InChI=1S/C13H14O/c14-13-8-4-7-12(13)10-9-11-5-2-1-3-6-11/h1-3,5-6,9-10,12H,4,7-8H2/b10-9+. The number of hydrogen-bond donors (Lipinski definition) is 0. The summed E-state index contributed by atoms with van der Waals surface area (Å²) >= 11 is 0. The van der Waals surface area contributed by atoms with Gasteiger partial charge in [0.05, 0.1) is 0 Å². The van der Waals surface area contributed by atoms with Crippen LogP contribution in [0.15, 0.2) is 36.4 Å². The van der Waals surface area contributed by atoms with Gasteiger partial charge in [-0.2, -0.15) is 0 Å². The Morgan fingerprint density at radius 3 is 2.64 bits per heavy atom. The second-order valence-corrected chi connectivity index (χ2v) is 3.73. The van der Waals surface area contributed by atoms with Crippen molar-refractivity contribution in [3.8, 4) is 0 Å².